The summed E-state index contributed by atoms with van der Waals surface area (Å²) in [6.45, 7) is 4.19. The minimum absolute atomic E-state index is 0.143. The van der Waals surface area contributed by atoms with Gasteiger partial charge in [-0.15, -0.1) is 11.3 Å². The molecule has 0 radical (unpaired) electrons. The van der Waals surface area contributed by atoms with Crippen molar-refractivity contribution < 1.29 is 13.9 Å². The Labute approximate surface area is 177 Å². The molecule has 2 heterocycles. The molecule has 4 aromatic rings. The van der Waals surface area contributed by atoms with Gasteiger partial charge in [0.1, 0.15) is 11.6 Å². The van der Waals surface area contributed by atoms with Gasteiger partial charge < -0.3 is 10.1 Å². The van der Waals surface area contributed by atoms with Gasteiger partial charge in [0, 0.05) is 34.2 Å². The maximum absolute atomic E-state index is 14.4. The molecule has 0 fully saturated rings. The third-order valence-electron chi connectivity index (χ3n) is 4.72. The van der Waals surface area contributed by atoms with Gasteiger partial charge in [-0.25, -0.2) is 9.37 Å². The number of nitrogens with zero attached hydrogens (tertiary/aromatic N) is 2. The van der Waals surface area contributed by atoms with E-state index in [1.54, 1.807) is 18.2 Å². The second kappa shape index (κ2) is 8.33. The third-order valence-corrected chi connectivity index (χ3v) is 5.92. The summed E-state index contributed by atoms with van der Waals surface area (Å²) in [7, 11) is 1.52. The molecular weight excluding hydrogens is 403 g/mol. The largest absolute Gasteiger partial charge is 0.380 e. The van der Waals surface area contributed by atoms with Crippen LogP contribution in [0.2, 0.25) is 0 Å². The molecular formula is C22H21FN4O2S. The molecule has 0 atom stereocenters. The molecule has 0 aliphatic heterocycles. The Hall–Kier alpha value is -3.10. The molecule has 0 spiro atoms. The van der Waals surface area contributed by atoms with E-state index < -0.39 is 0 Å². The van der Waals surface area contributed by atoms with Crippen LogP contribution in [-0.2, 0) is 11.3 Å². The summed E-state index contributed by atoms with van der Waals surface area (Å²) in [4.78, 5) is 18.1. The van der Waals surface area contributed by atoms with E-state index in [-0.39, 0.29) is 24.2 Å². The fourth-order valence-corrected chi connectivity index (χ4v) is 4.37. The van der Waals surface area contributed by atoms with Gasteiger partial charge >= 0.3 is 0 Å². The average molecular weight is 425 g/mol. The monoisotopic (exact) mass is 424 g/mol. The smallest absolute Gasteiger partial charge is 0.266 e. The molecule has 2 N–H and O–H groups in total. The van der Waals surface area contributed by atoms with Crippen LogP contribution < -0.4 is 5.32 Å². The van der Waals surface area contributed by atoms with Crippen LogP contribution in [0.3, 0.4) is 0 Å². The van der Waals surface area contributed by atoms with Crippen LogP contribution >= 0.6 is 11.3 Å². The maximum Gasteiger partial charge on any atom is 0.266 e. The number of methoxy groups -OCH3 is 1. The molecule has 6 nitrogen and oxygen atoms in total. The van der Waals surface area contributed by atoms with E-state index >= 15 is 0 Å². The van der Waals surface area contributed by atoms with Crippen molar-refractivity contribution >= 4 is 33.0 Å². The fourth-order valence-electron chi connectivity index (χ4n) is 3.25. The lowest BCUT2D eigenvalue weighted by molar-refractivity contribution is 0.102. The molecule has 0 saturated carbocycles. The van der Waals surface area contributed by atoms with Crippen molar-refractivity contribution in [1.29, 1.82) is 0 Å². The minimum Gasteiger partial charge on any atom is -0.380 e. The summed E-state index contributed by atoms with van der Waals surface area (Å²) >= 11 is 1.25. The van der Waals surface area contributed by atoms with Crippen LogP contribution in [0.4, 0.5) is 10.1 Å². The number of benzene rings is 2. The number of carbonyl (C=O) groups is 1. The normalized spacial score (nSPS) is 11.4. The zero-order chi connectivity index (χ0) is 21.3. The molecule has 2 aromatic carbocycles. The van der Waals surface area contributed by atoms with Crippen molar-refractivity contribution in [3.63, 3.8) is 0 Å². The number of fused-ring (bicyclic) bond motifs is 1. The number of aromatic amines is 1. The number of carbonyl (C=O) groups excluding carboxylic acids is 1. The quantitative estimate of drug-likeness (QED) is 0.437. The topological polar surface area (TPSA) is 79.9 Å². The van der Waals surface area contributed by atoms with Crippen LogP contribution in [0.1, 0.15) is 40.8 Å². The Morgan fingerprint density at radius 1 is 1.23 bits per heavy atom. The number of hydrogen-bond acceptors (Lipinski definition) is 5. The standard InChI is InChI=1S/C22H21FN4O2S/c1-12(2)20-25-21(27-26-20)13-7-4-5-9-16(13)24-22(28)19-14(11-29-3)18-15(23)8-6-10-17(18)30-19/h4-10,12H,11H2,1-3H3,(H,24,28)(H,25,26,27). The van der Waals surface area contributed by atoms with Crippen molar-refractivity contribution in [2.75, 3.05) is 12.4 Å². The number of thiophene rings is 1. The molecule has 4 rings (SSSR count). The highest BCUT2D eigenvalue weighted by atomic mass is 32.1. The van der Waals surface area contributed by atoms with E-state index in [2.05, 4.69) is 20.5 Å². The summed E-state index contributed by atoms with van der Waals surface area (Å²) in [6, 6.07) is 12.2. The maximum atomic E-state index is 14.4. The number of hydrogen-bond donors (Lipinski definition) is 2. The van der Waals surface area contributed by atoms with Crippen molar-refractivity contribution in [2.24, 2.45) is 0 Å². The lowest BCUT2D eigenvalue weighted by Crippen LogP contribution is -2.13. The molecule has 0 aliphatic carbocycles. The summed E-state index contributed by atoms with van der Waals surface area (Å²) in [5.41, 5.74) is 1.83. The highest BCUT2D eigenvalue weighted by Crippen LogP contribution is 2.35. The number of rotatable bonds is 6. The van der Waals surface area contributed by atoms with Gasteiger partial charge in [-0.2, -0.15) is 5.10 Å². The average Bonchev–Trinajstić information content (AvgIpc) is 3.35. The van der Waals surface area contributed by atoms with E-state index in [0.29, 0.717) is 37.6 Å². The zero-order valence-electron chi connectivity index (χ0n) is 16.8. The highest BCUT2D eigenvalue weighted by molar-refractivity contribution is 7.21. The van der Waals surface area contributed by atoms with E-state index in [9.17, 15) is 9.18 Å². The van der Waals surface area contributed by atoms with Gasteiger partial charge in [0.2, 0.25) is 0 Å². The SMILES string of the molecule is COCc1c(C(=O)Nc2ccccc2-c2n[nH]c(C(C)C)n2)sc2cccc(F)c12. The first-order valence-electron chi connectivity index (χ1n) is 9.51. The second-order valence-electron chi connectivity index (χ2n) is 7.15. The zero-order valence-corrected chi connectivity index (χ0v) is 17.6. The molecule has 154 valence electrons. The Kier molecular flexibility index (Phi) is 5.61. The van der Waals surface area contributed by atoms with E-state index in [0.717, 1.165) is 5.82 Å². The molecule has 0 saturated heterocycles. The number of anilines is 1. The first kappa shape index (κ1) is 20.2. The summed E-state index contributed by atoms with van der Waals surface area (Å²) in [6.07, 6.45) is 0. The second-order valence-corrected chi connectivity index (χ2v) is 8.21. The number of H-pyrrole nitrogens is 1. The fraction of sp³-hybridized carbons (Fsp3) is 0.227. The predicted octanol–water partition coefficient (Wildman–Crippen LogP) is 5.35. The van der Waals surface area contributed by atoms with Crippen molar-refractivity contribution in [3.05, 3.63) is 64.5 Å². The first-order valence-corrected chi connectivity index (χ1v) is 10.3. The van der Waals surface area contributed by atoms with Crippen molar-refractivity contribution in [3.8, 4) is 11.4 Å². The van der Waals surface area contributed by atoms with E-state index in [1.165, 1.54) is 24.5 Å². The molecule has 8 heteroatoms. The van der Waals surface area contributed by atoms with Gasteiger partial charge in [0.25, 0.3) is 5.91 Å². The first-order chi connectivity index (χ1) is 14.5. The number of aromatic nitrogens is 3. The molecule has 0 bridgehead atoms. The molecule has 2 aromatic heterocycles. The number of ether oxygens (including phenoxy) is 1. The summed E-state index contributed by atoms with van der Waals surface area (Å²) in [5.74, 6) is 0.799. The number of nitrogens with one attached hydrogen (secondary N) is 2. The van der Waals surface area contributed by atoms with Gasteiger partial charge in [-0.1, -0.05) is 32.0 Å². The van der Waals surface area contributed by atoms with Gasteiger partial charge in [0.15, 0.2) is 5.82 Å². The van der Waals surface area contributed by atoms with Crippen molar-refractivity contribution in [2.45, 2.75) is 26.4 Å². The predicted molar refractivity (Wildman–Crippen MR) is 116 cm³/mol. The summed E-state index contributed by atoms with van der Waals surface area (Å²) < 4.78 is 20.4. The Morgan fingerprint density at radius 3 is 2.77 bits per heavy atom. The Bertz CT molecular complexity index is 1220. The number of halogens is 1. The molecule has 1 amide bonds. The van der Waals surface area contributed by atoms with Crippen LogP contribution in [0.25, 0.3) is 21.5 Å². The molecule has 0 aliphatic rings. The molecule has 0 unspecified atom stereocenters. The van der Waals surface area contributed by atoms with Crippen LogP contribution in [0, 0.1) is 5.82 Å². The summed E-state index contributed by atoms with van der Waals surface area (Å²) in [5, 5.41) is 10.6. The highest BCUT2D eigenvalue weighted by Gasteiger charge is 2.22. The van der Waals surface area contributed by atoms with E-state index in [1.807, 2.05) is 32.0 Å². The minimum atomic E-state index is -0.364. The lowest BCUT2D eigenvalue weighted by atomic mass is 10.1. The van der Waals surface area contributed by atoms with E-state index in [4.69, 9.17) is 4.74 Å². The van der Waals surface area contributed by atoms with Gasteiger partial charge in [-0.3, -0.25) is 9.89 Å². The van der Waals surface area contributed by atoms with Gasteiger partial charge in [0.05, 0.1) is 17.2 Å². The Morgan fingerprint density at radius 2 is 2.03 bits per heavy atom. The van der Waals surface area contributed by atoms with Crippen LogP contribution in [-0.4, -0.2) is 28.2 Å². The number of amides is 1. The van der Waals surface area contributed by atoms with Gasteiger partial charge in [-0.05, 0) is 24.3 Å². The van der Waals surface area contributed by atoms with Crippen LogP contribution in [0.5, 0.6) is 0 Å². The Balaban J connectivity index is 1.72. The third kappa shape index (κ3) is 3.71. The lowest BCUT2D eigenvalue weighted by Gasteiger charge is -2.09. The van der Waals surface area contributed by atoms with Crippen LogP contribution in [0.15, 0.2) is 42.5 Å². The van der Waals surface area contributed by atoms with Crippen molar-refractivity contribution in [1.82, 2.24) is 15.2 Å². The molecule has 30 heavy (non-hydrogen) atoms. The number of para-hydroxylation sites is 1.